The minimum atomic E-state index is -3.13. The summed E-state index contributed by atoms with van der Waals surface area (Å²) in [5.41, 5.74) is 0.151. The molecule has 3 fully saturated rings. The van der Waals surface area contributed by atoms with Gasteiger partial charge in [-0.15, -0.1) is 10.2 Å². The summed E-state index contributed by atoms with van der Waals surface area (Å²) < 4.78 is 32.8. The average molecular weight is 297 g/mol. The van der Waals surface area contributed by atoms with Crippen LogP contribution in [0.25, 0.3) is 0 Å². The molecule has 0 radical (unpaired) electrons. The van der Waals surface area contributed by atoms with Gasteiger partial charge in [0.25, 0.3) is 0 Å². The summed E-state index contributed by atoms with van der Waals surface area (Å²) in [6.07, 6.45) is 5.76. The van der Waals surface area contributed by atoms with E-state index in [0.29, 0.717) is 11.8 Å². The molecule has 7 heteroatoms. The van der Waals surface area contributed by atoms with Crippen LogP contribution in [0.5, 0.6) is 0 Å². The van der Waals surface area contributed by atoms with Gasteiger partial charge in [0.15, 0.2) is 0 Å². The zero-order valence-corrected chi connectivity index (χ0v) is 12.3. The van der Waals surface area contributed by atoms with Crippen molar-refractivity contribution in [3.05, 3.63) is 11.8 Å². The topological polar surface area (TPSA) is 85.1 Å². The van der Waals surface area contributed by atoms with Gasteiger partial charge in [-0.1, -0.05) is 6.42 Å². The Kier molecular flexibility index (Phi) is 2.58. The van der Waals surface area contributed by atoms with Crippen LogP contribution in [0.4, 0.5) is 0 Å². The second-order valence-electron chi connectivity index (χ2n) is 6.60. The molecule has 1 heterocycles. The van der Waals surface area contributed by atoms with Crippen molar-refractivity contribution in [2.45, 2.75) is 62.7 Å². The average Bonchev–Trinajstić information content (AvgIpc) is 2.96. The Bertz CT molecular complexity index is 629. The first kappa shape index (κ1) is 12.8. The molecule has 3 aliphatic rings. The number of rotatable bonds is 4. The Morgan fingerprint density at radius 2 is 2.05 bits per heavy atom. The zero-order valence-electron chi connectivity index (χ0n) is 11.5. The van der Waals surface area contributed by atoms with Crippen molar-refractivity contribution in [2.75, 3.05) is 0 Å². The summed E-state index contributed by atoms with van der Waals surface area (Å²) in [6, 6.07) is 0.0370. The smallest absolute Gasteiger partial charge is 0.219 e. The number of hydrogen-bond donors (Lipinski definition) is 1. The minimum Gasteiger partial charge on any atom is -0.425 e. The van der Waals surface area contributed by atoms with Gasteiger partial charge in [0.05, 0.1) is 5.25 Å². The van der Waals surface area contributed by atoms with Crippen molar-refractivity contribution in [2.24, 2.45) is 5.41 Å². The maximum Gasteiger partial charge on any atom is 0.219 e. The van der Waals surface area contributed by atoms with Gasteiger partial charge in [0.1, 0.15) is 0 Å². The second-order valence-corrected chi connectivity index (χ2v) is 8.49. The van der Waals surface area contributed by atoms with Gasteiger partial charge in [0, 0.05) is 18.9 Å². The molecule has 0 bridgehead atoms. The summed E-state index contributed by atoms with van der Waals surface area (Å²) >= 11 is 0. The molecular formula is C13H19N3O3S. The summed E-state index contributed by atoms with van der Waals surface area (Å²) in [5.74, 6) is 1.41. The summed E-state index contributed by atoms with van der Waals surface area (Å²) in [7, 11) is -3.13. The zero-order chi connectivity index (χ0) is 14.0. The minimum absolute atomic E-state index is 0.0370. The van der Waals surface area contributed by atoms with E-state index in [9.17, 15) is 8.42 Å². The predicted octanol–water partition coefficient (Wildman–Crippen LogP) is 1.49. The quantitative estimate of drug-likeness (QED) is 0.910. The van der Waals surface area contributed by atoms with E-state index in [1.807, 2.05) is 0 Å². The van der Waals surface area contributed by atoms with Gasteiger partial charge in [-0.25, -0.2) is 13.1 Å². The van der Waals surface area contributed by atoms with Gasteiger partial charge in [-0.2, -0.15) is 0 Å². The van der Waals surface area contributed by atoms with Crippen LogP contribution in [0.3, 0.4) is 0 Å². The molecule has 1 aromatic rings. The molecule has 20 heavy (non-hydrogen) atoms. The van der Waals surface area contributed by atoms with Gasteiger partial charge in [-0.3, -0.25) is 0 Å². The molecule has 1 N–H and O–H groups in total. The lowest BCUT2D eigenvalue weighted by Crippen LogP contribution is -2.45. The Morgan fingerprint density at radius 3 is 2.55 bits per heavy atom. The van der Waals surface area contributed by atoms with Crippen LogP contribution in [0, 0.1) is 12.3 Å². The first-order valence-electron chi connectivity index (χ1n) is 7.30. The molecule has 0 amide bonds. The fourth-order valence-corrected chi connectivity index (χ4v) is 5.88. The Hall–Kier alpha value is -0.950. The van der Waals surface area contributed by atoms with E-state index in [4.69, 9.17) is 4.42 Å². The van der Waals surface area contributed by atoms with Crippen molar-refractivity contribution in [3.63, 3.8) is 0 Å². The van der Waals surface area contributed by atoms with E-state index in [-0.39, 0.29) is 22.6 Å². The number of hydrogen-bond acceptors (Lipinski definition) is 5. The van der Waals surface area contributed by atoms with Crippen LogP contribution in [-0.2, 0) is 10.0 Å². The van der Waals surface area contributed by atoms with Gasteiger partial charge < -0.3 is 4.42 Å². The third-order valence-corrected chi connectivity index (χ3v) is 7.28. The molecular weight excluding hydrogens is 278 g/mol. The van der Waals surface area contributed by atoms with Crippen molar-refractivity contribution >= 4 is 10.0 Å². The highest BCUT2D eigenvalue weighted by molar-refractivity contribution is 7.90. The van der Waals surface area contributed by atoms with Crippen LogP contribution in [-0.4, -0.2) is 29.9 Å². The molecule has 3 saturated carbocycles. The number of nitrogens with zero attached hydrogens (tertiary/aromatic N) is 2. The number of sulfonamides is 1. The molecule has 110 valence electrons. The van der Waals surface area contributed by atoms with Crippen molar-refractivity contribution in [1.82, 2.24) is 14.9 Å². The van der Waals surface area contributed by atoms with Gasteiger partial charge in [0.2, 0.25) is 21.8 Å². The SMILES string of the molecule is Cc1nnc(C2CC(NS(=O)(=O)C3CC34CCC4)C2)o1. The Labute approximate surface area is 118 Å². The van der Waals surface area contributed by atoms with E-state index in [1.165, 1.54) is 6.42 Å². The largest absolute Gasteiger partial charge is 0.425 e. The molecule has 0 aliphatic heterocycles. The number of nitrogens with one attached hydrogen (secondary N) is 1. The molecule has 3 aliphatic carbocycles. The monoisotopic (exact) mass is 297 g/mol. The maximum absolute atomic E-state index is 12.3. The highest BCUT2D eigenvalue weighted by atomic mass is 32.2. The lowest BCUT2D eigenvalue weighted by molar-refractivity contribution is 0.270. The van der Waals surface area contributed by atoms with Gasteiger partial charge >= 0.3 is 0 Å². The molecule has 1 atom stereocenters. The number of aromatic nitrogens is 2. The van der Waals surface area contributed by atoms with Crippen LogP contribution in [0.15, 0.2) is 4.42 Å². The fraction of sp³-hybridized carbons (Fsp3) is 0.846. The predicted molar refractivity (Wildman–Crippen MR) is 71.5 cm³/mol. The third-order valence-electron chi connectivity index (χ3n) is 5.20. The lowest BCUT2D eigenvalue weighted by Gasteiger charge is -2.34. The maximum atomic E-state index is 12.3. The molecule has 4 rings (SSSR count). The third kappa shape index (κ3) is 1.90. The van der Waals surface area contributed by atoms with Crippen LogP contribution in [0.1, 0.15) is 56.2 Å². The Balaban J connectivity index is 1.33. The van der Waals surface area contributed by atoms with E-state index < -0.39 is 10.0 Å². The number of aryl methyl sites for hydroxylation is 1. The standard InChI is InChI=1S/C13H19N3O3S/c1-8-14-15-12(19-8)9-5-10(6-9)16-20(17,18)11-7-13(11)3-2-4-13/h9-11,16H,2-7H2,1H3. The van der Waals surface area contributed by atoms with Gasteiger partial charge in [-0.05, 0) is 37.5 Å². The summed E-state index contributed by atoms with van der Waals surface area (Å²) in [6.45, 7) is 1.76. The summed E-state index contributed by atoms with van der Waals surface area (Å²) in [5, 5.41) is 7.68. The normalized spacial score (nSPS) is 34.5. The van der Waals surface area contributed by atoms with Crippen molar-refractivity contribution in [1.29, 1.82) is 0 Å². The fourth-order valence-electron chi connectivity index (χ4n) is 3.61. The first-order chi connectivity index (χ1) is 9.48. The second kappa shape index (κ2) is 4.04. The van der Waals surface area contributed by atoms with Crippen LogP contribution < -0.4 is 4.72 Å². The lowest BCUT2D eigenvalue weighted by atomic mass is 9.81. The van der Waals surface area contributed by atoms with Crippen molar-refractivity contribution in [3.8, 4) is 0 Å². The molecule has 0 saturated heterocycles. The molecule has 1 aromatic heterocycles. The first-order valence-corrected chi connectivity index (χ1v) is 8.84. The highest BCUT2D eigenvalue weighted by Gasteiger charge is 2.64. The van der Waals surface area contributed by atoms with E-state index in [1.54, 1.807) is 6.92 Å². The molecule has 1 spiro atoms. The van der Waals surface area contributed by atoms with Crippen molar-refractivity contribution < 1.29 is 12.8 Å². The van der Waals surface area contributed by atoms with E-state index in [0.717, 1.165) is 32.1 Å². The highest BCUT2D eigenvalue weighted by Crippen LogP contribution is 2.63. The molecule has 0 aromatic carbocycles. The molecule has 6 nitrogen and oxygen atoms in total. The van der Waals surface area contributed by atoms with E-state index in [2.05, 4.69) is 14.9 Å². The van der Waals surface area contributed by atoms with Crippen LogP contribution >= 0.6 is 0 Å². The molecule has 1 unspecified atom stereocenters. The summed E-state index contributed by atoms with van der Waals surface area (Å²) in [4.78, 5) is 0. The Morgan fingerprint density at radius 1 is 1.30 bits per heavy atom. The van der Waals surface area contributed by atoms with E-state index >= 15 is 0 Å². The van der Waals surface area contributed by atoms with Crippen LogP contribution in [0.2, 0.25) is 0 Å².